The van der Waals surface area contributed by atoms with Gasteiger partial charge in [0.2, 0.25) is 10.0 Å². The molecule has 1 aromatic carbocycles. The third-order valence-corrected chi connectivity index (χ3v) is 6.47. The van der Waals surface area contributed by atoms with Crippen molar-refractivity contribution < 1.29 is 13.3 Å². The van der Waals surface area contributed by atoms with Crippen LogP contribution >= 0.6 is 12.4 Å². The fourth-order valence-electron chi connectivity index (χ4n) is 3.77. The monoisotopic (exact) mass is 375 g/mol. The van der Waals surface area contributed by atoms with Gasteiger partial charge >= 0.3 is 0 Å². The largest absolute Gasteiger partial charge is 0.311 e. The maximum atomic E-state index is 12.8. The lowest BCUT2D eigenvalue weighted by Gasteiger charge is -2.29. The van der Waals surface area contributed by atoms with E-state index in [1.165, 1.54) is 0 Å². The van der Waals surface area contributed by atoms with E-state index in [4.69, 9.17) is 0 Å². The maximum Gasteiger partial charge on any atom is 0.292 e. The molecule has 2 bridgehead atoms. The second kappa shape index (κ2) is 6.95. The molecule has 0 aliphatic carbocycles. The quantitative estimate of drug-likeness (QED) is 0.620. The van der Waals surface area contributed by atoms with Gasteiger partial charge in [-0.1, -0.05) is 12.1 Å². The highest BCUT2D eigenvalue weighted by Crippen LogP contribution is 2.32. The molecule has 2 N–H and O–H groups in total. The van der Waals surface area contributed by atoms with Gasteiger partial charge in [0, 0.05) is 23.7 Å². The minimum absolute atomic E-state index is 0. The molecule has 2 aliphatic rings. The van der Waals surface area contributed by atoms with Crippen molar-refractivity contribution in [2.75, 3.05) is 0 Å². The Hall–Kier alpha value is -1.22. The number of nitrogens with one attached hydrogen (secondary N) is 2. The van der Waals surface area contributed by atoms with Gasteiger partial charge in [0.15, 0.2) is 4.90 Å². The molecule has 0 saturated carbocycles. The van der Waals surface area contributed by atoms with Gasteiger partial charge in [-0.05, 0) is 45.1 Å². The summed E-state index contributed by atoms with van der Waals surface area (Å²) in [4.78, 5) is 10.5. The lowest BCUT2D eigenvalue weighted by Crippen LogP contribution is -2.48. The summed E-state index contributed by atoms with van der Waals surface area (Å²) < 4.78 is 28.3. The van der Waals surface area contributed by atoms with Crippen LogP contribution in [0.5, 0.6) is 0 Å². The molecule has 2 fully saturated rings. The van der Waals surface area contributed by atoms with Gasteiger partial charge in [0.1, 0.15) is 0 Å². The van der Waals surface area contributed by atoms with Crippen LogP contribution in [-0.4, -0.2) is 31.5 Å². The highest BCUT2D eigenvalue weighted by Gasteiger charge is 2.37. The molecule has 3 rings (SSSR count). The number of nitro benzene ring substituents is 1. The molecule has 2 unspecified atom stereocenters. The first-order valence-corrected chi connectivity index (χ1v) is 9.29. The van der Waals surface area contributed by atoms with Crippen LogP contribution in [0, 0.1) is 24.0 Å². The van der Waals surface area contributed by atoms with Gasteiger partial charge in [-0.3, -0.25) is 10.1 Å². The first-order chi connectivity index (χ1) is 10.8. The second-order valence-electron chi connectivity index (χ2n) is 6.56. The van der Waals surface area contributed by atoms with E-state index in [-0.39, 0.29) is 29.0 Å². The lowest BCUT2D eigenvalue weighted by atomic mass is 10.0. The average Bonchev–Trinajstić information content (AvgIpc) is 2.79. The van der Waals surface area contributed by atoms with Gasteiger partial charge in [0.05, 0.1) is 4.92 Å². The molecular weight excluding hydrogens is 354 g/mol. The van der Waals surface area contributed by atoms with Gasteiger partial charge in [-0.25, -0.2) is 13.1 Å². The average molecular weight is 376 g/mol. The zero-order valence-corrected chi connectivity index (χ0v) is 15.2. The van der Waals surface area contributed by atoms with E-state index in [2.05, 4.69) is 10.0 Å². The molecule has 2 aliphatic heterocycles. The van der Waals surface area contributed by atoms with Crippen molar-refractivity contribution in [3.8, 4) is 0 Å². The Morgan fingerprint density at radius 3 is 2.25 bits per heavy atom. The smallest absolute Gasteiger partial charge is 0.292 e. The second-order valence-corrected chi connectivity index (χ2v) is 8.21. The number of halogens is 1. The SMILES string of the molecule is Cc1ccc(C)c(S(=O)(=O)NC2CC3CCC(C2)N3)c1[N+](=O)[O-].Cl. The van der Waals surface area contributed by atoms with Crippen LogP contribution in [0.25, 0.3) is 0 Å². The zero-order chi connectivity index (χ0) is 16.8. The zero-order valence-electron chi connectivity index (χ0n) is 13.6. The summed E-state index contributed by atoms with van der Waals surface area (Å²) >= 11 is 0. The van der Waals surface area contributed by atoms with E-state index < -0.39 is 14.9 Å². The Kier molecular flexibility index (Phi) is 5.54. The van der Waals surface area contributed by atoms with E-state index in [0.29, 0.717) is 23.2 Å². The number of hydrogen-bond acceptors (Lipinski definition) is 5. The first kappa shape index (κ1) is 19.1. The molecule has 0 amide bonds. The predicted molar refractivity (Wildman–Crippen MR) is 93.1 cm³/mol. The van der Waals surface area contributed by atoms with Crippen molar-refractivity contribution in [3.63, 3.8) is 0 Å². The molecule has 0 aromatic heterocycles. The molecule has 0 spiro atoms. The number of nitrogens with zero attached hydrogens (tertiary/aromatic N) is 1. The fourth-order valence-corrected chi connectivity index (χ4v) is 5.50. The van der Waals surface area contributed by atoms with Gasteiger partial charge in [-0.15, -0.1) is 12.4 Å². The number of sulfonamides is 1. The third kappa shape index (κ3) is 3.56. The van der Waals surface area contributed by atoms with Crippen molar-refractivity contribution in [1.29, 1.82) is 0 Å². The Labute approximate surface area is 147 Å². The summed E-state index contributed by atoms with van der Waals surface area (Å²) in [6, 6.07) is 3.71. The van der Waals surface area contributed by atoms with Crippen molar-refractivity contribution in [2.45, 2.75) is 62.6 Å². The molecule has 7 nitrogen and oxygen atoms in total. The van der Waals surface area contributed by atoms with Crippen molar-refractivity contribution >= 4 is 28.1 Å². The van der Waals surface area contributed by atoms with Crippen LogP contribution < -0.4 is 10.0 Å². The number of fused-ring (bicyclic) bond motifs is 2. The van der Waals surface area contributed by atoms with Gasteiger partial charge < -0.3 is 5.32 Å². The van der Waals surface area contributed by atoms with Crippen LogP contribution in [0.1, 0.15) is 36.8 Å². The van der Waals surface area contributed by atoms with Gasteiger partial charge in [-0.2, -0.15) is 0 Å². The standard InChI is InChI=1S/C15H21N3O4S.ClH/c1-9-3-4-10(2)15(14(9)18(19)20)23(21,22)17-13-7-11-5-6-12(8-13)16-11;/h3-4,11-13,16-17H,5-8H2,1-2H3;1H. The van der Waals surface area contributed by atoms with E-state index in [1.807, 2.05) is 0 Å². The van der Waals surface area contributed by atoms with Crippen LogP contribution in [0.2, 0.25) is 0 Å². The number of rotatable bonds is 4. The topological polar surface area (TPSA) is 101 Å². The summed E-state index contributed by atoms with van der Waals surface area (Å²) in [5.74, 6) is 0. The maximum absolute atomic E-state index is 12.8. The van der Waals surface area contributed by atoms with E-state index in [1.54, 1.807) is 26.0 Å². The molecular formula is C15H22ClN3O4S. The summed E-state index contributed by atoms with van der Waals surface area (Å²) in [6.45, 7) is 3.15. The summed E-state index contributed by atoms with van der Waals surface area (Å²) in [6.07, 6.45) is 3.59. The number of hydrogen-bond donors (Lipinski definition) is 2. The summed E-state index contributed by atoms with van der Waals surface area (Å²) in [7, 11) is -3.93. The Bertz CT molecular complexity index is 741. The molecule has 24 heavy (non-hydrogen) atoms. The molecule has 134 valence electrons. The number of nitro groups is 1. The normalized spacial score (nSPS) is 26.0. The van der Waals surface area contributed by atoms with Crippen molar-refractivity contribution in [2.24, 2.45) is 0 Å². The molecule has 0 radical (unpaired) electrons. The van der Waals surface area contributed by atoms with E-state index >= 15 is 0 Å². The Morgan fingerprint density at radius 2 is 1.71 bits per heavy atom. The minimum Gasteiger partial charge on any atom is -0.311 e. The molecule has 2 saturated heterocycles. The number of benzene rings is 1. The highest BCUT2D eigenvalue weighted by atomic mass is 35.5. The number of piperidine rings is 1. The van der Waals surface area contributed by atoms with Crippen molar-refractivity contribution in [3.05, 3.63) is 33.4 Å². The summed E-state index contributed by atoms with van der Waals surface area (Å²) in [5, 5.41) is 14.8. The third-order valence-electron chi connectivity index (χ3n) is 4.78. The Balaban J connectivity index is 0.00000208. The van der Waals surface area contributed by atoms with Crippen LogP contribution in [0.15, 0.2) is 17.0 Å². The minimum atomic E-state index is -3.93. The molecule has 2 heterocycles. The highest BCUT2D eigenvalue weighted by molar-refractivity contribution is 7.89. The van der Waals surface area contributed by atoms with Crippen LogP contribution in [0.4, 0.5) is 5.69 Å². The van der Waals surface area contributed by atoms with Crippen molar-refractivity contribution in [1.82, 2.24) is 10.0 Å². The lowest BCUT2D eigenvalue weighted by molar-refractivity contribution is -0.388. The van der Waals surface area contributed by atoms with Crippen LogP contribution in [-0.2, 0) is 10.0 Å². The Morgan fingerprint density at radius 1 is 1.17 bits per heavy atom. The predicted octanol–water partition coefficient (Wildman–Crippen LogP) is 2.19. The summed E-state index contributed by atoms with van der Waals surface area (Å²) in [5.41, 5.74) is 0.424. The van der Waals surface area contributed by atoms with Crippen LogP contribution in [0.3, 0.4) is 0 Å². The van der Waals surface area contributed by atoms with E-state index in [0.717, 1.165) is 25.7 Å². The molecule has 1 aromatic rings. The number of aryl methyl sites for hydroxylation is 2. The van der Waals surface area contributed by atoms with E-state index in [9.17, 15) is 18.5 Å². The molecule has 9 heteroatoms. The molecule has 2 atom stereocenters. The van der Waals surface area contributed by atoms with Gasteiger partial charge in [0.25, 0.3) is 5.69 Å². The first-order valence-electron chi connectivity index (χ1n) is 7.81. The fraction of sp³-hybridized carbons (Fsp3) is 0.600.